The first-order valence-corrected chi connectivity index (χ1v) is 4.80. The second kappa shape index (κ2) is 5.50. The molecule has 0 saturated carbocycles. The quantitative estimate of drug-likeness (QED) is 0.617. The van der Waals surface area contributed by atoms with Crippen LogP contribution >= 0.6 is 11.6 Å². The minimum Gasteiger partial charge on any atom is -0.464 e. The molecular formula is C10H12ClNO2. The van der Waals surface area contributed by atoms with E-state index in [0.717, 1.165) is 12.0 Å². The van der Waals surface area contributed by atoms with Crippen molar-refractivity contribution in [1.29, 1.82) is 0 Å². The van der Waals surface area contributed by atoms with Gasteiger partial charge in [0.05, 0.1) is 7.11 Å². The lowest BCUT2D eigenvalue weighted by Gasteiger charge is -1.91. The van der Waals surface area contributed by atoms with E-state index < -0.39 is 0 Å². The number of alkyl halides is 1. The van der Waals surface area contributed by atoms with E-state index in [1.807, 2.05) is 12.2 Å². The molecule has 0 spiro atoms. The van der Waals surface area contributed by atoms with Crippen molar-refractivity contribution in [3.05, 3.63) is 29.6 Å². The number of esters is 1. The topological polar surface area (TPSA) is 42.1 Å². The molecule has 1 heterocycles. The summed E-state index contributed by atoms with van der Waals surface area (Å²) in [5.74, 6) is 0.243. The highest BCUT2D eigenvalue weighted by molar-refractivity contribution is 6.17. The fourth-order valence-corrected chi connectivity index (χ4v) is 1.14. The molecule has 1 rings (SSSR count). The van der Waals surface area contributed by atoms with Crippen molar-refractivity contribution in [2.45, 2.75) is 6.42 Å². The van der Waals surface area contributed by atoms with Gasteiger partial charge in [0.15, 0.2) is 0 Å². The fourth-order valence-electron chi connectivity index (χ4n) is 1.02. The van der Waals surface area contributed by atoms with Crippen LogP contribution in [0.25, 0.3) is 6.08 Å². The first-order chi connectivity index (χ1) is 6.77. The molecule has 14 heavy (non-hydrogen) atoms. The lowest BCUT2D eigenvalue weighted by atomic mass is 10.2. The standard InChI is InChI=1S/C10H12ClNO2/c1-14-10(13)9-6-8(7-12-9)4-2-3-5-11/h2,4,6-7,12H,3,5H2,1H3. The zero-order chi connectivity index (χ0) is 10.4. The Balaban J connectivity index is 2.63. The number of nitrogens with one attached hydrogen (secondary N) is 1. The Hall–Kier alpha value is -1.22. The van der Waals surface area contributed by atoms with Crippen molar-refractivity contribution >= 4 is 23.6 Å². The number of hydrogen-bond donors (Lipinski definition) is 1. The lowest BCUT2D eigenvalue weighted by molar-refractivity contribution is 0.0595. The summed E-state index contributed by atoms with van der Waals surface area (Å²) in [7, 11) is 1.35. The van der Waals surface area contributed by atoms with E-state index in [-0.39, 0.29) is 5.97 Å². The van der Waals surface area contributed by atoms with Crippen LogP contribution in [0.15, 0.2) is 18.3 Å². The lowest BCUT2D eigenvalue weighted by Crippen LogP contribution is -2.00. The Morgan fingerprint density at radius 2 is 2.50 bits per heavy atom. The number of H-pyrrole nitrogens is 1. The number of carbonyl (C=O) groups excluding carboxylic acids is 1. The van der Waals surface area contributed by atoms with Crippen LogP contribution in [-0.4, -0.2) is 23.9 Å². The van der Waals surface area contributed by atoms with E-state index in [1.165, 1.54) is 7.11 Å². The largest absolute Gasteiger partial charge is 0.464 e. The van der Waals surface area contributed by atoms with Gasteiger partial charge in [-0.15, -0.1) is 11.6 Å². The summed E-state index contributed by atoms with van der Waals surface area (Å²) in [4.78, 5) is 13.9. The Morgan fingerprint density at radius 1 is 1.71 bits per heavy atom. The average molecular weight is 214 g/mol. The molecule has 0 aliphatic heterocycles. The van der Waals surface area contributed by atoms with Gasteiger partial charge >= 0.3 is 5.97 Å². The Kier molecular flexibility index (Phi) is 4.26. The molecule has 76 valence electrons. The maximum absolute atomic E-state index is 11.1. The van der Waals surface area contributed by atoms with Gasteiger partial charge in [0.2, 0.25) is 0 Å². The fraction of sp³-hybridized carbons (Fsp3) is 0.300. The number of aromatic nitrogens is 1. The molecule has 4 heteroatoms. The minimum absolute atomic E-state index is 0.359. The van der Waals surface area contributed by atoms with Gasteiger partial charge in [-0.25, -0.2) is 4.79 Å². The third-order valence-electron chi connectivity index (χ3n) is 1.70. The van der Waals surface area contributed by atoms with E-state index in [0.29, 0.717) is 11.6 Å². The number of hydrogen-bond acceptors (Lipinski definition) is 2. The van der Waals surface area contributed by atoms with E-state index in [1.54, 1.807) is 12.3 Å². The zero-order valence-corrected chi connectivity index (χ0v) is 8.67. The van der Waals surface area contributed by atoms with Crippen molar-refractivity contribution in [2.75, 3.05) is 13.0 Å². The molecule has 0 aliphatic carbocycles. The van der Waals surface area contributed by atoms with Crippen LogP contribution in [-0.2, 0) is 4.74 Å². The minimum atomic E-state index is -0.359. The van der Waals surface area contributed by atoms with E-state index in [2.05, 4.69) is 9.72 Å². The molecule has 0 fully saturated rings. The van der Waals surface area contributed by atoms with Crippen LogP contribution in [0.4, 0.5) is 0 Å². The number of halogens is 1. The Morgan fingerprint density at radius 3 is 3.14 bits per heavy atom. The molecule has 0 aromatic carbocycles. The van der Waals surface area contributed by atoms with E-state index >= 15 is 0 Å². The first-order valence-electron chi connectivity index (χ1n) is 4.27. The monoisotopic (exact) mass is 213 g/mol. The molecule has 0 unspecified atom stereocenters. The van der Waals surface area contributed by atoms with Gasteiger partial charge in [-0.3, -0.25) is 0 Å². The van der Waals surface area contributed by atoms with Crippen LogP contribution in [0.3, 0.4) is 0 Å². The van der Waals surface area contributed by atoms with Crippen LogP contribution in [0.5, 0.6) is 0 Å². The maximum Gasteiger partial charge on any atom is 0.354 e. The molecule has 0 bridgehead atoms. The highest BCUT2D eigenvalue weighted by Gasteiger charge is 2.05. The van der Waals surface area contributed by atoms with Crippen molar-refractivity contribution in [1.82, 2.24) is 4.98 Å². The normalized spacial score (nSPS) is 10.7. The van der Waals surface area contributed by atoms with Crippen LogP contribution in [0.1, 0.15) is 22.5 Å². The van der Waals surface area contributed by atoms with Crippen molar-refractivity contribution in [3.8, 4) is 0 Å². The molecule has 1 N–H and O–H groups in total. The molecule has 0 aliphatic rings. The Labute approximate surface area is 87.7 Å². The number of carbonyl (C=O) groups is 1. The SMILES string of the molecule is COC(=O)c1cc(C=CCCCl)c[nH]1. The number of aromatic amines is 1. The number of ether oxygens (including phenoxy) is 1. The second-order valence-corrected chi connectivity index (χ2v) is 3.10. The van der Waals surface area contributed by atoms with Gasteiger partial charge < -0.3 is 9.72 Å². The van der Waals surface area contributed by atoms with Gasteiger partial charge in [0.1, 0.15) is 5.69 Å². The molecule has 3 nitrogen and oxygen atoms in total. The second-order valence-electron chi connectivity index (χ2n) is 2.72. The molecule has 0 radical (unpaired) electrons. The van der Waals surface area contributed by atoms with Gasteiger partial charge in [-0.1, -0.05) is 12.2 Å². The third-order valence-corrected chi connectivity index (χ3v) is 1.91. The van der Waals surface area contributed by atoms with Crippen molar-refractivity contribution in [3.63, 3.8) is 0 Å². The molecule has 1 aromatic heterocycles. The first kappa shape index (κ1) is 10.9. The summed E-state index contributed by atoms with van der Waals surface area (Å²) < 4.78 is 4.56. The Bertz CT molecular complexity index is 331. The summed E-state index contributed by atoms with van der Waals surface area (Å²) in [5, 5.41) is 0. The molecule has 0 saturated heterocycles. The zero-order valence-electron chi connectivity index (χ0n) is 7.92. The number of rotatable bonds is 4. The highest BCUT2D eigenvalue weighted by Crippen LogP contribution is 2.07. The predicted molar refractivity (Wildman–Crippen MR) is 56.5 cm³/mol. The van der Waals surface area contributed by atoms with Crippen LogP contribution in [0, 0.1) is 0 Å². The molecule has 0 amide bonds. The summed E-state index contributed by atoms with van der Waals surface area (Å²) in [6, 6.07) is 1.73. The maximum atomic E-state index is 11.1. The molecule has 0 atom stereocenters. The van der Waals surface area contributed by atoms with Crippen molar-refractivity contribution < 1.29 is 9.53 Å². The van der Waals surface area contributed by atoms with Crippen LogP contribution < -0.4 is 0 Å². The summed E-state index contributed by atoms with van der Waals surface area (Å²) in [5.41, 5.74) is 1.40. The molecular weight excluding hydrogens is 202 g/mol. The van der Waals surface area contributed by atoms with E-state index in [4.69, 9.17) is 11.6 Å². The average Bonchev–Trinajstić information content (AvgIpc) is 2.66. The summed E-state index contributed by atoms with van der Waals surface area (Å²) in [6.45, 7) is 0. The number of allylic oxidation sites excluding steroid dienone is 1. The predicted octanol–water partition coefficient (Wildman–Crippen LogP) is 2.44. The smallest absolute Gasteiger partial charge is 0.354 e. The van der Waals surface area contributed by atoms with Crippen LogP contribution in [0.2, 0.25) is 0 Å². The van der Waals surface area contributed by atoms with Gasteiger partial charge in [-0.2, -0.15) is 0 Å². The summed E-state index contributed by atoms with van der Waals surface area (Å²) >= 11 is 5.51. The van der Waals surface area contributed by atoms with Gasteiger partial charge in [-0.05, 0) is 18.1 Å². The third kappa shape index (κ3) is 2.92. The van der Waals surface area contributed by atoms with E-state index in [9.17, 15) is 4.79 Å². The van der Waals surface area contributed by atoms with Gasteiger partial charge in [0.25, 0.3) is 0 Å². The highest BCUT2D eigenvalue weighted by atomic mass is 35.5. The molecule has 1 aromatic rings. The number of methoxy groups -OCH3 is 1. The summed E-state index contributed by atoms with van der Waals surface area (Å²) in [6.07, 6.45) is 6.43. The van der Waals surface area contributed by atoms with Gasteiger partial charge in [0, 0.05) is 12.1 Å². The van der Waals surface area contributed by atoms with Crippen molar-refractivity contribution in [2.24, 2.45) is 0 Å².